The average Bonchev–Trinajstić information content (AvgIpc) is 2.87. The van der Waals surface area contributed by atoms with Crippen molar-refractivity contribution in [1.82, 2.24) is 25.1 Å². The van der Waals surface area contributed by atoms with Crippen molar-refractivity contribution in [2.45, 2.75) is 39.0 Å². The van der Waals surface area contributed by atoms with Crippen molar-refractivity contribution in [3.05, 3.63) is 65.7 Å². The molecule has 1 N–H and O–H groups in total. The first kappa shape index (κ1) is 25.5. The number of nitrogens with zero attached hydrogens (tertiary/aromatic N) is 4. The molecule has 0 aliphatic carbocycles. The molecule has 2 aromatic rings. The maximum Gasteiger partial charge on any atom is 0.334 e. The van der Waals surface area contributed by atoms with Gasteiger partial charge in [0, 0.05) is 20.1 Å². The van der Waals surface area contributed by atoms with Crippen molar-refractivity contribution in [2.75, 3.05) is 33.8 Å². The summed E-state index contributed by atoms with van der Waals surface area (Å²) in [6.45, 7) is 5.04. The molecule has 4 amide bonds. The van der Waals surface area contributed by atoms with E-state index >= 15 is 0 Å². The summed E-state index contributed by atoms with van der Waals surface area (Å²) in [5.74, 6) is 0.457. The third-order valence-electron chi connectivity index (χ3n) is 6.83. The Bertz CT molecular complexity index is 1080. The lowest BCUT2D eigenvalue weighted by molar-refractivity contribution is -0.189. The van der Waals surface area contributed by atoms with Crippen LogP contribution in [0.4, 0.5) is 4.79 Å². The summed E-state index contributed by atoms with van der Waals surface area (Å²) in [4.78, 5) is 43.5. The molecular weight excluding hydrogens is 458 g/mol. The van der Waals surface area contributed by atoms with Gasteiger partial charge in [0.2, 0.25) is 11.8 Å². The number of hydrazine groups is 1. The Kier molecular flexibility index (Phi) is 7.79. The van der Waals surface area contributed by atoms with Gasteiger partial charge in [0.05, 0.1) is 20.2 Å². The van der Waals surface area contributed by atoms with Crippen LogP contribution in [0.5, 0.6) is 5.75 Å². The molecule has 9 nitrogen and oxygen atoms in total. The number of piperazine rings is 1. The van der Waals surface area contributed by atoms with Crippen molar-refractivity contribution in [3.8, 4) is 5.75 Å². The normalized spacial score (nSPS) is 20.5. The SMILES string of the molecule is COc1ccc(CNC(=O)N2[C@H]3CN(CCc4ccccc4)C(=O)[C@H](C(C)C)N3C(=O)CN2C)cc1. The number of hydrogen-bond donors (Lipinski definition) is 1. The summed E-state index contributed by atoms with van der Waals surface area (Å²) in [6.07, 6.45) is 0.130. The van der Waals surface area contributed by atoms with E-state index in [2.05, 4.69) is 5.32 Å². The van der Waals surface area contributed by atoms with Gasteiger partial charge in [-0.25, -0.2) is 14.8 Å². The van der Waals surface area contributed by atoms with Crippen LogP contribution < -0.4 is 10.1 Å². The molecule has 192 valence electrons. The van der Waals surface area contributed by atoms with E-state index in [0.29, 0.717) is 19.5 Å². The number of benzene rings is 2. The minimum atomic E-state index is -0.613. The minimum Gasteiger partial charge on any atom is -0.497 e. The molecule has 4 rings (SSSR count). The van der Waals surface area contributed by atoms with Gasteiger partial charge in [-0.05, 0) is 35.6 Å². The number of ether oxygens (including phenoxy) is 1. The highest BCUT2D eigenvalue weighted by atomic mass is 16.5. The molecule has 0 saturated carbocycles. The Balaban J connectivity index is 1.54. The standard InChI is InChI=1S/C27H35N5O4/c1-19(2)25-26(34)30(15-14-20-8-6-5-7-9-20)17-23-31(25)24(33)18-29(3)32(23)27(35)28-16-21-10-12-22(36-4)13-11-21/h5-13,19,23,25H,14-18H2,1-4H3,(H,28,35)/t23-,25-/m0/s1. The summed E-state index contributed by atoms with van der Waals surface area (Å²) in [5, 5.41) is 6.21. The van der Waals surface area contributed by atoms with Gasteiger partial charge in [-0.3, -0.25) is 9.59 Å². The average molecular weight is 494 g/mol. The first-order valence-electron chi connectivity index (χ1n) is 12.3. The first-order valence-corrected chi connectivity index (χ1v) is 12.3. The van der Waals surface area contributed by atoms with Crippen LogP contribution in [-0.4, -0.2) is 83.7 Å². The molecule has 0 bridgehead atoms. The number of carbonyl (C=O) groups is 3. The third kappa shape index (κ3) is 5.31. The monoisotopic (exact) mass is 493 g/mol. The van der Waals surface area contributed by atoms with Gasteiger partial charge in [-0.1, -0.05) is 56.3 Å². The Morgan fingerprint density at radius 1 is 1.06 bits per heavy atom. The van der Waals surface area contributed by atoms with Crippen LogP contribution >= 0.6 is 0 Å². The van der Waals surface area contributed by atoms with Crippen LogP contribution in [0.15, 0.2) is 54.6 Å². The van der Waals surface area contributed by atoms with E-state index < -0.39 is 12.2 Å². The molecule has 2 aliphatic rings. The Hall–Kier alpha value is -3.59. The predicted molar refractivity (Wildman–Crippen MR) is 136 cm³/mol. The number of urea groups is 1. The topological polar surface area (TPSA) is 85.4 Å². The second-order valence-electron chi connectivity index (χ2n) is 9.66. The van der Waals surface area contributed by atoms with Crippen LogP contribution in [0, 0.1) is 5.92 Å². The minimum absolute atomic E-state index is 0.0347. The predicted octanol–water partition coefficient (Wildman–Crippen LogP) is 2.33. The highest BCUT2D eigenvalue weighted by molar-refractivity contribution is 5.91. The summed E-state index contributed by atoms with van der Waals surface area (Å²) >= 11 is 0. The molecule has 0 spiro atoms. The van der Waals surface area contributed by atoms with Crippen LogP contribution in [0.3, 0.4) is 0 Å². The van der Waals surface area contributed by atoms with E-state index in [1.165, 1.54) is 0 Å². The third-order valence-corrected chi connectivity index (χ3v) is 6.83. The number of fused-ring (bicyclic) bond motifs is 1. The van der Waals surface area contributed by atoms with Crippen molar-refractivity contribution in [1.29, 1.82) is 0 Å². The van der Waals surface area contributed by atoms with Gasteiger partial charge in [0.15, 0.2) is 0 Å². The van der Waals surface area contributed by atoms with E-state index in [4.69, 9.17) is 4.74 Å². The van der Waals surface area contributed by atoms with E-state index in [1.54, 1.807) is 34.0 Å². The zero-order chi connectivity index (χ0) is 25.8. The Morgan fingerprint density at radius 2 is 1.75 bits per heavy atom. The summed E-state index contributed by atoms with van der Waals surface area (Å²) in [6, 6.07) is 16.6. The summed E-state index contributed by atoms with van der Waals surface area (Å²) in [5.41, 5.74) is 2.07. The summed E-state index contributed by atoms with van der Waals surface area (Å²) < 4.78 is 5.20. The van der Waals surface area contributed by atoms with Gasteiger partial charge in [-0.2, -0.15) is 0 Å². The van der Waals surface area contributed by atoms with Gasteiger partial charge < -0.3 is 19.9 Å². The van der Waals surface area contributed by atoms with Crippen molar-refractivity contribution < 1.29 is 19.1 Å². The smallest absolute Gasteiger partial charge is 0.334 e. The maximum atomic E-state index is 13.5. The second kappa shape index (κ2) is 11.0. The fourth-order valence-corrected chi connectivity index (χ4v) is 4.97. The number of rotatable bonds is 7. The first-order chi connectivity index (χ1) is 17.3. The van der Waals surface area contributed by atoms with Crippen LogP contribution in [0.25, 0.3) is 0 Å². The molecule has 2 heterocycles. The number of likely N-dealkylation sites (N-methyl/N-ethyl adjacent to an activating group) is 1. The lowest BCUT2D eigenvalue weighted by atomic mass is 9.96. The fraction of sp³-hybridized carbons (Fsp3) is 0.444. The second-order valence-corrected chi connectivity index (χ2v) is 9.66. The zero-order valence-electron chi connectivity index (χ0n) is 21.4. The van der Waals surface area contributed by atoms with Gasteiger partial charge in [-0.15, -0.1) is 0 Å². The molecule has 2 saturated heterocycles. The molecule has 9 heteroatoms. The molecule has 2 aliphatic heterocycles. The number of hydrogen-bond acceptors (Lipinski definition) is 5. The maximum absolute atomic E-state index is 13.5. The van der Waals surface area contributed by atoms with Crippen LogP contribution in [0.2, 0.25) is 0 Å². The van der Waals surface area contributed by atoms with E-state index in [1.807, 2.05) is 68.4 Å². The molecule has 0 aromatic heterocycles. The Labute approximate surface area is 212 Å². The molecule has 2 fully saturated rings. The highest BCUT2D eigenvalue weighted by Gasteiger charge is 2.51. The van der Waals surface area contributed by atoms with Gasteiger partial charge in [0.25, 0.3) is 0 Å². The molecule has 2 aromatic carbocycles. The van der Waals surface area contributed by atoms with Gasteiger partial charge in [0.1, 0.15) is 18.0 Å². The number of methoxy groups -OCH3 is 1. The van der Waals surface area contributed by atoms with E-state index in [9.17, 15) is 14.4 Å². The molecule has 0 unspecified atom stereocenters. The van der Waals surface area contributed by atoms with Crippen molar-refractivity contribution in [3.63, 3.8) is 0 Å². The molecule has 0 radical (unpaired) electrons. The highest BCUT2D eigenvalue weighted by Crippen LogP contribution is 2.29. The largest absolute Gasteiger partial charge is 0.497 e. The fourth-order valence-electron chi connectivity index (χ4n) is 4.97. The number of nitrogens with one attached hydrogen (secondary N) is 1. The lowest BCUT2D eigenvalue weighted by Gasteiger charge is -2.55. The molecular formula is C27H35N5O4. The molecule has 36 heavy (non-hydrogen) atoms. The van der Waals surface area contributed by atoms with Crippen molar-refractivity contribution >= 4 is 17.8 Å². The number of amides is 4. The van der Waals surface area contributed by atoms with E-state index in [0.717, 1.165) is 16.9 Å². The zero-order valence-corrected chi connectivity index (χ0v) is 21.4. The van der Waals surface area contributed by atoms with E-state index in [-0.39, 0.29) is 36.9 Å². The lowest BCUT2D eigenvalue weighted by Crippen LogP contribution is -2.76. The Morgan fingerprint density at radius 3 is 2.39 bits per heavy atom. The van der Waals surface area contributed by atoms with Crippen LogP contribution in [0.1, 0.15) is 25.0 Å². The summed E-state index contributed by atoms with van der Waals surface area (Å²) in [7, 11) is 3.34. The molecule has 2 atom stereocenters. The number of carbonyl (C=O) groups excluding carboxylic acids is 3. The quantitative estimate of drug-likeness (QED) is 0.640. The van der Waals surface area contributed by atoms with Crippen molar-refractivity contribution in [2.24, 2.45) is 5.92 Å². The van der Waals surface area contributed by atoms with Gasteiger partial charge >= 0.3 is 6.03 Å². The van der Waals surface area contributed by atoms with Crippen LogP contribution in [-0.2, 0) is 22.6 Å².